The highest BCUT2D eigenvalue weighted by Gasteiger charge is 2.21. The second kappa shape index (κ2) is 7.89. The molecular weight excluding hydrogens is 339 g/mol. The van der Waals surface area contributed by atoms with Crippen LogP contribution in [0.2, 0.25) is 0 Å². The molecule has 4 heteroatoms. The van der Waals surface area contributed by atoms with Crippen LogP contribution < -0.4 is 0 Å². The van der Waals surface area contributed by atoms with E-state index in [1.807, 2.05) is 4.90 Å². The van der Waals surface area contributed by atoms with Gasteiger partial charge < -0.3 is 4.90 Å². The van der Waals surface area contributed by atoms with Gasteiger partial charge in [-0.3, -0.25) is 9.69 Å². The summed E-state index contributed by atoms with van der Waals surface area (Å²) in [4.78, 5) is 16.8. The Bertz CT molecular complexity index is 931. The van der Waals surface area contributed by atoms with Crippen molar-refractivity contribution in [2.24, 2.45) is 0 Å². The molecule has 0 aromatic heterocycles. The maximum atomic E-state index is 13.0. The second-order valence-electron chi connectivity index (χ2n) is 7.14. The molecule has 4 rings (SSSR count). The van der Waals surface area contributed by atoms with E-state index in [0.717, 1.165) is 38.3 Å². The first-order valence-corrected chi connectivity index (χ1v) is 9.40. The minimum atomic E-state index is -0.270. The van der Waals surface area contributed by atoms with Crippen molar-refractivity contribution in [3.8, 4) is 0 Å². The molecular formula is C23H23FN2O. The molecule has 1 saturated heterocycles. The quantitative estimate of drug-likeness (QED) is 0.703. The molecule has 0 N–H and O–H groups in total. The van der Waals surface area contributed by atoms with Crippen LogP contribution in [0.1, 0.15) is 11.1 Å². The molecule has 0 atom stereocenters. The maximum Gasteiger partial charge on any atom is 0.227 e. The lowest BCUT2D eigenvalue weighted by molar-refractivity contribution is -0.132. The number of piperazine rings is 1. The first-order valence-electron chi connectivity index (χ1n) is 9.40. The number of amides is 1. The highest BCUT2D eigenvalue weighted by Crippen LogP contribution is 2.18. The number of carbonyl (C=O) groups is 1. The first-order chi connectivity index (χ1) is 13.2. The summed E-state index contributed by atoms with van der Waals surface area (Å²) in [6.45, 7) is 4.15. The standard InChI is InChI=1S/C23H23FN2O/c24-22-9-6-18(7-10-22)16-23(27)26-13-11-25(12-14-26)17-19-5-8-20-3-1-2-4-21(20)15-19/h1-10,15H,11-14,16-17H2. The molecule has 1 amide bonds. The van der Waals surface area contributed by atoms with Crippen LogP contribution in [0.3, 0.4) is 0 Å². The van der Waals surface area contributed by atoms with Crippen LogP contribution in [0.25, 0.3) is 10.8 Å². The lowest BCUT2D eigenvalue weighted by atomic mass is 10.1. The van der Waals surface area contributed by atoms with Gasteiger partial charge in [0.15, 0.2) is 0 Å². The largest absolute Gasteiger partial charge is 0.340 e. The van der Waals surface area contributed by atoms with Gasteiger partial charge in [-0.1, -0.05) is 48.5 Å². The third kappa shape index (κ3) is 4.34. The number of benzene rings is 3. The van der Waals surface area contributed by atoms with Crippen LogP contribution in [0.5, 0.6) is 0 Å². The normalized spacial score (nSPS) is 15.2. The predicted octanol–water partition coefficient (Wildman–Crippen LogP) is 3.87. The fourth-order valence-electron chi connectivity index (χ4n) is 3.64. The number of fused-ring (bicyclic) bond motifs is 1. The van der Waals surface area contributed by atoms with Crippen molar-refractivity contribution in [2.75, 3.05) is 26.2 Å². The Morgan fingerprint density at radius 2 is 1.48 bits per heavy atom. The van der Waals surface area contributed by atoms with Gasteiger partial charge >= 0.3 is 0 Å². The zero-order valence-electron chi connectivity index (χ0n) is 15.3. The van der Waals surface area contributed by atoms with Crippen molar-refractivity contribution in [1.82, 2.24) is 9.80 Å². The van der Waals surface area contributed by atoms with Crippen LogP contribution in [-0.2, 0) is 17.8 Å². The van der Waals surface area contributed by atoms with Crippen LogP contribution in [0.15, 0.2) is 66.7 Å². The fourth-order valence-corrected chi connectivity index (χ4v) is 3.64. The van der Waals surface area contributed by atoms with E-state index in [1.165, 1.54) is 28.5 Å². The SMILES string of the molecule is O=C(Cc1ccc(F)cc1)N1CCN(Cc2ccc3ccccc3c2)CC1. The number of carbonyl (C=O) groups excluding carboxylic acids is 1. The number of halogens is 1. The van der Waals surface area contributed by atoms with E-state index in [0.29, 0.717) is 6.42 Å². The summed E-state index contributed by atoms with van der Waals surface area (Å²) in [5.41, 5.74) is 2.17. The van der Waals surface area contributed by atoms with Gasteiger partial charge in [0.1, 0.15) is 5.82 Å². The minimum Gasteiger partial charge on any atom is -0.340 e. The summed E-state index contributed by atoms with van der Waals surface area (Å²) < 4.78 is 13.0. The van der Waals surface area contributed by atoms with Crippen molar-refractivity contribution in [1.29, 1.82) is 0 Å². The van der Waals surface area contributed by atoms with Crippen molar-refractivity contribution in [2.45, 2.75) is 13.0 Å². The van der Waals surface area contributed by atoms with Crippen LogP contribution in [-0.4, -0.2) is 41.9 Å². The molecule has 3 aromatic rings. The Kier molecular flexibility index (Phi) is 5.16. The summed E-state index contributed by atoms with van der Waals surface area (Å²) in [6, 6.07) is 21.2. The molecule has 3 nitrogen and oxygen atoms in total. The number of hydrogen-bond acceptors (Lipinski definition) is 2. The molecule has 0 bridgehead atoms. The number of hydrogen-bond donors (Lipinski definition) is 0. The van der Waals surface area contributed by atoms with Gasteiger partial charge in [0, 0.05) is 32.7 Å². The zero-order chi connectivity index (χ0) is 18.6. The van der Waals surface area contributed by atoms with Gasteiger partial charge in [-0.25, -0.2) is 4.39 Å². The van der Waals surface area contributed by atoms with Crippen molar-refractivity contribution in [3.05, 3.63) is 83.7 Å². The maximum absolute atomic E-state index is 13.0. The van der Waals surface area contributed by atoms with E-state index in [9.17, 15) is 9.18 Å². The van der Waals surface area contributed by atoms with E-state index in [4.69, 9.17) is 0 Å². The lowest BCUT2D eigenvalue weighted by Crippen LogP contribution is -2.48. The number of nitrogens with zero attached hydrogens (tertiary/aromatic N) is 2. The Morgan fingerprint density at radius 1 is 0.815 bits per heavy atom. The summed E-state index contributed by atoms with van der Waals surface area (Å²) in [5, 5.41) is 2.53. The van der Waals surface area contributed by atoms with Gasteiger partial charge in [0.05, 0.1) is 6.42 Å². The van der Waals surface area contributed by atoms with Crippen molar-refractivity contribution >= 4 is 16.7 Å². The molecule has 27 heavy (non-hydrogen) atoms. The third-order valence-corrected chi connectivity index (χ3v) is 5.21. The third-order valence-electron chi connectivity index (χ3n) is 5.21. The van der Waals surface area contributed by atoms with Gasteiger partial charge in [-0.2, -0.15) is 0 Å². The van der Waals surface area contributed by atoms with Crippen molar-refractivity contribution < 1.29 is 9.18 Å². The summed E-state index contributed by atoms with van der Waals surface area (Å²) in [7, 11) is 0. The zero-order valence-corrected chi connectivity index (χ0v) is 15.3. The topological polar surface area (TPSA) is 23.6 Å². The summed E-state index contributed by atoms with van der Waals surface area (Å²) >= 11 is 0. The van der Waals surface area contributed by atoms with E-state index in [2.05, 4.69) is 47.4 Å². The molecule has 1 fully saturated rings. The molecule has 0 spiro atoms. The Balaban J connectivity index is 1.31. The Hall–Kier alpha value is -2.72. The molecule has 0 saturated carbocycles. The summed E-state index contributed by atoms with van der Waals surface area (Å²) in [5.74, 6) is -0.152. The Morgan fingerprint density at radius 3 is 2.22 bits per heavy atom. The Labute approximate surface area is 159 Å². The van der Waals surface area contributed by atoms with Gasteiger partial charge in [0.25, 0.3) is 0 Å². The van der Waals surface area contributed by atoms with E-state index < -0.39 is 0 Å². The van der Waals surface area contributed by atoms with E-state index in [-0.39, 0.29) is 11.7 Å². The molecule has 1 aliphatic rings. The number of rotatable bonds is 4. The fraction of sp³-hybridized carbons (Fsp3) is 0.261. The highest BCUT2D eigenvalue weighted by atomic mass is 19.1. The highest BCUT2D eigenvalue weighted by molar-refractivity contribution is 5.83. The van der Waals surface area contributed by atoms with Crippen LogP contribution in [0, 0.1) is 5.82 Å². The van der Waals surface area contributed by atoms with Gasteiger partial charge in [0.2, 0.25) is 5.91 Å². The minimum absolute atomic E-state index is 0.118. The van der Waals surface area contributed by atoms with Gasteiger partial charge in [-0.15, -0.1) is 0 Å². The molecule has 3 aromatic carbocycles. The lowest BCUT2D eigenvalue weighted by Gasteiger charge is -2.35. The predicted molar refractivity (Wildman–Crippen MR) is 106 cm³/mol. The molecule has 0 aliphatic carbocycles. The molecule has 1 heterocycles. The molecule has 0 radical (unpaired) electrons. The monoisotopic (exact) mass is 362 g/mol. The molecule has 138 valence electrons. The average molecular weight is 362 g/mol. The summed E-state index contributed by atoms with van der Waals surface area (Å²) in [6.07, 6.45) is 0.338. The van der Waals surface area contributed by atoms with Crippen LogP contribution in [0.4, 0.5) is 4.39 Å². The van der Waals surface area contributed by atoms with Crippen LogP contribution >= 0.6 is 0 Å². The van der Waals surface area contributed by atoms with E-state index >= 15 is 0 Å². The smallest absolute Gasteiger partial charge is 0.227 e. The molecule has 0 unspecified atom stereocenters. The van der Waals surface area contributed by atoms with Gasteiger partial charge in [-0.05, 0) is 40.1 Å². The average Bonchev–Trinajstić information content (AvgIpc) is 2.70. The first kappa shape index (κ1) is 17.7. The molecule has 1 aliphatic heterocycles. The second-order valence-corrected chi connectivity index (χ2v) is 7.14. The van der Waals surface area contributed by atoms with E-state index in [1.54, 1.807) is 12.1 Å². The van der Waals surface area contributed by atoms with Crippen molar-refractivity contribution in [3.63, 3.8) is 0 Å².